The lowest BCUT2D eigenvalue weighted by molar-refractivity contribution is -0.129. The molecular weight excluding hydrogens is 374 g/mol. The standard InChI is InChI=1S/C18H21NO7S/c1-10-14-8-13(24-3)4-5-15(14)26-16(10)18(21)25-11(2)17(20)19-12-6-7-27(22,23)9-12/h4-5,8,11-12H,6-7,9H2,1-3H3,(H,19,20)/t11-,12+/m0/s1. The zero-order valence-electron chi connectivity index (χ0n) is 15.3. The van der Waals surface area contributed by atoms with Crippen LogP contribution in [0.1, 0.15) is 29.5 Å². The van der Waals surface area contributed by atoms with Crippen LogP contribution >= 0.6 is 0 Å². The van der Waals surface area contributed by atoms with Crippen LogP contribution in [0.4, 0.5) is 0 Å². The van der Waals surface area contributed by atoms with Crippen molar-refractivity contribution in [1.82, 2.24) is 5.32 Å². The normalized spacial score (nSPS) is 19.6. The molecule has 8 nitrogen and oxygen atoms in total. The Hall–Kier alpha value is -2.55. The SMILES string of the molecule is COc1ccc2oc(C(=O)O[C@@H](C)C(=O)N[C@@H]3CCS(=O)(=O)C3)c(C)c2c1. The molecule has 2 aromatic rings. The van der Waals surface area contributed by atoms with Crippen molar-refractivity contribution in [2.45, 2.75) is 32.4 Å². The summed E-state index contributed by atoms with van der Waals surface area (Å²) in [6.45, 7) is 3.15. The first-order valence-electron chi connectivity index (χ1n) is 8.49. The molecule has 1 aliphatic heterocycles. The van der Waals surface area contributed by atoms with Gasteiger partial charge in [-0.1, -0.05) is 0 Å². The molecule has 2 heterocycles. The molecule has 27 heavy (non-hydrogen) atoms. The fourth-order valence-electron chi connectivity index (χ4n) is 3.02. The number of amides is 1. The number of rotatable bonds is 5. The van der Waals surface area contributed by atoms with Crippen molar-refractivity contribution in [3.63, 3.8) is 0 Å². The molecule has 3 rings (SSSR count). The van der Waals surface area contributed by atoms with Gasteiger partial charge in [0.25, 0.3) is 5.91 Å². The average molecular weight is 395 g/mol. The fraction of sp³-hybridized carbons (Fsp3) is 0.444. The van der Waals surface area contributed by atoms with Crippen molar-refractivity contribution < 1.29 is 31.9 Å². The van der Waals surface area contributed by atoms with Crippen LogP contribution in [-0.2, 0) is 19.4 Å². The highest BCUT2D eigenvalue weighted by Gasteiger charge is 2.31. The zero-order chi connectivity index (χ0) is 19.8. The number of furan rings is 1. The summed E-state index contributed by atoms with van der Waals surface area (Å²) in [7, 11) is -1.56. The number of sulfone groups is 1. The third-order valence-corrected chi connectivity index (χ3v) is 6.33. The van der Waals surface area contributed by atoms with Gasteiger partial charge >= 0.3 is 5.97 Å². The van der Waals surface area contributed by atoms with Gasteiger partial charge in [-0.25, -0.2) is 13.2 Å². The molecule has 0 spiro atoms. The Balaban J connectivity index is 1.68. The molecule has 0 radical (unpaired) electrons. The Morgan fingerprint density at radius 2 is 2.07 bits per heavy atom. The number of methoxy groups -OCH3 is 1. The summed E-state index contributed by atoms with van der Waals surface area (Å²) in [6.07, 6.45) is -0.720. The molecule has 1 saturated heterocycles. The maximum Gasteiger partial charge on any atom is 0.375 e. The molecule has 2 atom stereocenters. The summed E-state index contributed by atoms with van der Waals surface area (Å²) in [5.41, 5.74) is 1.09. The quantitative estimate of drug-likeness (QED) is 0.765. The van der Waals surface area contributed by atoms with Gasteiger partial charge in [0.2, 0.25) is 5.76 Å². The smallest absolute Gasteiger partial charge is 0.375 e. The van der Waals surface area contributed by atoms with E-state index in [4.69, 9.17) is 13.9 Å². The van der Waals surface area contributed by atoms with Gasteiger partial charge < -0.3 is 19.2 Å². The first-order chi connectivity index (χ1) is 12.7. The lowest BCUT2D eigenvalue weighted by Gasteiger charge is -2.16. The van der Waals surface area contributed by atoms with Gasteiger partial charge in [0.05, 0.1) is 18.6 Å². The number of aryl methyl sites for hydroxylation is 1. The summed E-state index contributed by atoms with van der Waals surface area (Å²) in [5, 5.41) is 3.32. The summed E-state index contributed by atoms with van der Waals surface area (Å²) >= 11 is 0. The van der Waals surface area contributed by atoms with Crippen LogP contribution in [0.2, 0.25) is 0 Å². The molecule has 0 saturated carbocycles. The molecule has 1 aliphatic rings. The summed E-state index contributed by atoms with van der Waals surface area (Å²) in [5.74, 6) is -0.699. The minimum absolute atomic E-state index is 0.0151. The van der Waals surface area contributed by atoms with Gasteiger partial charge in [0, 0.05) is 17.0 Å². The van der Waals surface area contributed by atoms with E-state index >= 15 is 0 Å². The average Bonchev–Trinajstić information content (AvgIpc) is 3.13. The number of hydrogen-bond acceptors (Lipinski definition) is 7. The first kappa shape index (κ1) is 19.2. The van der Waals surface area contributed by atoms with E-state index in [9.17, 15) is 18.0 Å². The van der Waals surface area contributed by atoms with Crippen molar-refractivity contribution in [3.8, 4) is 5.75 Å². The Morgan fingerprint density at radius 3 is 2.70 bits per heavy atom. The number of benzene rings is 1. The van der Waals surface area contributed by atoms with Gasteiger partial charge in [-0.3, -0.25) is 4.79 Å². The molecule has 1 aromatic carbocycles. The largest absolute Gasteiger partial charge is 0.497 e. The number of fused-ring (bicyclic) bond motifs is 1. The summed E-state index contributed by atoms with van der Waals surface area (Å²) in [6, 6.07) is 4.70. The zero-order valence-corrected chi connectivity index (χ0v) is 16.1. The summed E-state index contributed by atoms with van der Waals surface area (Å²) < 4.78 is 38.9. The van der Waals surface area contributed by atoms with Crippen molar-refractivity contribution in [2.24, 2.45) is 0 Å². The fourth-order valence-corrected chi connectivity index (χ4v) is 4.69. The van der Waals surface area contributed by atoms with Crippen LogP contribution in [0.15, 0.2) is 22.6 Å². The second kappa shape index (κ2) is 7.22. The van der Waals surface area contributed by atoms with Crippen LogP contribution in [0.3, 0.4) is 0 Å². The van der Waals surface area contributed by atoms with Crippen molar-refractivity contribution >= 4 is 32.7 Å². The first-order valence-corrected chi connectivity index (χ1v) is 10.3. The van der Waals surface area contributed by atoms with Crippen LogP contribution in [0.25, 0.3) is 11.0 Å². The van der Waals surface area contributed by atoms with E-state index in [2.05, 4.69) is 5.32 Å². The third-order valence-electron chi connectivity index (χ3n) is 4.56. The summed E-state index contributed by atoms with van der Waals surface area (Å²) in [4.78, 5) is 24.6. The molecule has 0 aliphatic carbocycles. The molecule has 1 N–H and O–H groups in total. The van der Waals surface area contributed by atoms with E-state index in [0.717, 1.165) is 5.39 Å². The van der Waals surface area contributed by atoms with Crippen LogP contribution < -0.4 is 10.1 Å². The Morgan fingerprint density at radius 1 is 1.33 bits per heavy atom. The lowest BCUT2D eigenvalue weighted by atomic mass is 10.1. The number of carbonyl (C=O) groups excluding carboxylic acids is 2. The van der Waals surface area contributed by atoms with Gasteiger partial charge in [-0.2, -0.15) is 0 Å². The highest BCUT2D eigenvalue weighted by atomic mass is 32.2. The second-order valence-electron chi connectivity index (χ2n) is 6.57. The number of nitrogens with one attached hydrogen (secondary N) is 1. The van der Waals surface area contributed by atoms with Gasteiger partial charge in [0.15, 0.2) is 15.9 Å². The number of hydrogen-bond donors (Lipinski definition) is 1. The van der Waals surface area contributed by atoms with E-state index < -0.39 is 33.9 Å². The number of esters is 1. The monoisotopic (exact) mass is 395 g/mol. The van der Waals surface area contributed by atoms with E-state index in [1.54, 1.807) is 32.2 Å². The van der Waals surface area contributed by atoms with Crippen molar-refractivity contribution in [2.75, 3.05) is 18.6 Å². The topological polar surface area (TPSA) is 112 Å². The number of carbonyl (C=O) groups is 2. The van der Waals surface area contributed by atoms with E-state index in [0.29, 0.717) is 23.3 Å². The van der Waals surface area contributed by atoms with Gasteiger partial charge in [-0.05, 0) is 38.5 Å². The molecule has 1 aromatic heterocycles. The molecule has 146 valence electrons. The van der Waals surface area contributed by atoms with E-state index in [1.165, 1.54) is 6.92 Å². The Bertz CT molecular complexity index is 993. The van der Waals surface area contributed by atoms with Gasteiger partial charge in [-0.15, -0.1) is 0 Å². The van der Waals surface area contributed by atoms with Crippen molar-refractivity contribution in [1.29, 1.82) is 0 Å². The maximum atomic E-state index is 12.4. The Kier molecular flexibility index (Phi) is 5.14. The van der Waals surface area contributed by atoms with Crippen LogP contribution in [0.5, 0.6) is 5.75 Å². The molecular formula is C18H21NO7S. The predicted octanol–water partition coefficient (Wildman–Crippen LogP) is 1.60. The number of ether oxygens (including phenoxy) is 2. The lowest BCUT2D eigenvalue weighted by Crippen LogP contribution is -2.42. The Labute approximate surface area is 156 Å². The van der Waals surface area contributed by atoms with E-state index in [-0.39, 0.29) is 17.3 Å². The molecule has 0 unspecified atom stereocenters. The van der Waals surface area contributed by atoms with E-state index in [1.807, 2.05) is 0 Å². The molecule has 0 bridgehead atoms. The van der Waals surface area contributed by atoms with Crippen molar-refractivity contribution in [3.05, 3.63) is 29.5 Å². The third kappa shape index (κ3) is 4.08. The molecule has 1 fully saturated rings. The highest BCUT2D eigenvalue weighted by Crippen LogP contribution is 2.29. The minimum Gasteiger partial charge on any atom is -0.497 e. The molecule has 9 heteroatoms. The highest BCUT2D eigenvalue weighted by molar-refractivity contribution is 7.91. The predicted molar refractivity (Wildman–Crippen MR) is 97.6 cm³/mol. The van der Waals surface area contributed by atoms with Crippen LogP contribution in [0, 0.1) is 6.92 Å². The van der Waals surface area contributed by atoms with Crippen LogP contribution in [-0.4, -0.2) is 51.1 Å². The maximum absolute atomic E-state index is 12.4. The second-order valence-corrected chi connectivity index (χ2v) is 8.80. The minimum atomic E-state index is -3.11. The van der Waals surface area contributed by atoms with Gasteiger partial charge in [0.1, 0.15) is 11.3 Å². The molecule has 1 amide bonds.